The average Bonchev–Trinajstić information content (AvgIpc) is 2.67. The Balaban J connectivity index is 2.40. The molecule has 15 heavy (non-hydrogen) atoms. The van der Waals surface area contributed by atoms with E-state index in [1.165, 1.54) is 19.3 Å². The van der Waals surface area contributed by atoms with Crippen molar-refractivity contribution >= 4 is 5.96 Å². The molecule has 1 rings (SSSR count). The minimum absolute atomic E-state index is 0.441. The van der Waals surface area contributed by atoms with Crippen LogP contribution in [0.5, 0.6) is 0 Å². The van der Waals surface area contributed by atoms with Crippen molar-refractivity contribution in [3.63, 3.8) is 0 Å². The first kappa shape index (κ1) is 12.3. The summed E-state index contributed by atoms with van der Waals surface area (Å²) in [6.45, 7) is 10.9. The van der Waals surface area contributed by atoms with E-state index in [0.717, 1.165) is 19.0 Å². The van der Waals surface area contributed by atoms with Crippen molar-refractivity contribution in [2.75, 3.05) is 13.1 Å². The number of aliphatic imine (C=N–C) groups is 1. The molecule has 0 saturated heterocycles. The van der Waals surface area contributed by atoms with E-state index < -0.39 is 0 Å². The highest BCUT2D eigenvalue weighted by Crippen LogP contribution is 2.29. The van der Waals surface area contributed by atoms with Crippen LogP contribution in [-0.2, 0) is 0 Å². The zero-order chi connectivity index (χ0) is 11.3. The fraction of sp³-hybridized carbons (Fsp3) is 0.917. The first-order chi connectivity index (χ1) is 7.15. The standard InChI is InChI=1S/C12H25N3/c1-5-12(6-2,7-3)9-14-11-13-8-10(4)15-11/h10H,5-9H2,1-4H3,(H2,13,14,15). The number of nitrogens with zero attached hydrogens (tertiary/aromatic N) is 1. The highest BCUT2D eigenvalue weighted by molar-refractivity contribution is 5.81. The summed E-state index contributed by atoms with van der Waals surface area (Å²) in [5.41, 5.74) is 0.441. The van der Waals surface area contributed by atoms with Crippen LogP contribution in [0.25, 0.3) is 0 Å². The van der Waals surface area contributed by atoms with Crippen molar-refractivity contribution in [3.05, 3.63) is 0 Å². The molecular weight excluding hydrogens is 186 g/mol. The molecule has 1 unspecified atom stereocenters. The summed E-state index contributed by atoms with van der Waals surface area (Å²) in [6.07, 6.45) is 3.70. The van der Waals surface area contributed by atoms with Gasteiger partial charge in [-0.25, -0.2) is 0 Å². The molecule has 3 heteroatoms. The first-order valence-corrected chi connectivity index (χ1v) is 6.20. The number of guanidine groups is 1. The van der Waals surface area contributed by atoms with Crippen LogP contribution in [0.1, 0.15) is 47.0 Å². The Kier molecular flexibility index (Phi) is 4.43. The van der Waals surface area contributed by atoms with Crippen molar-refractivity contribution in [2.45, 2.75) is 53.0 Å². The molecule has 3 nitrogen and oxygen atoms in total. The SMILES string of the molecule is CCC(CC)(CC)CNC1=NCC(C)N1. The van der Waals surface area contributed by atoms with Crippen LogP contribution < -0.4 is 10.6 Å². The van der Waals surface area contributed by atoms with E-state index in [0.29, 0.717) is 11.5 Å². The van der Waals surface area contributed by atoms with Gasteiger partial charge in [-0.3, -0.25) is 4.99 Å². The Morgan fingerprint density at radius 1 is 1.33 bits per heavy atom. The summed E-state index contributed by atoms with van der Waals surface area (Å²) in [6, 6.07) is 0.492. The highest BCUT2D eigenvalue weighted by atomic mass is 15.2. The van der Waals surface area contributed by atoms with Gasteiger partial charge in [-0.2, -0.15) is 0 Å². The van der Waals surface area contributed by atoms with Gasteiger partial charge in [0, 0.05) is 12.6 Å². The van der Waals surface area contributed by atoms with Crippen molar-refractivity contribution < 1.29 is 0 Å². The third-order valence-electron chi connectivity index (χ3n) is 3.79. The summed E-state index contributed by atoms with van der Waals surface area (Å²) in [5.74, 6) is 0.988. The lowest BCUT2D eigenvalue weighted by molar-refractivity contribution is 0.251. The van der Waals surface area contributed by atoms with Crippen molar-refractivity contribution in [2.24, 2.45) is 10.4 Å². The number of rotatable bonds is 5. The molecule has 1 atom stereocenters. The quantitative estimate of drug-likeness (QED) is 0.731. The fourth-order valence-electron chi connectivity index (χ4n) is 2.06. The summed E-state index contributed by atoms with van der Waals surface area (Å²) in [5, 5.41) is 6.78. The highest BCUT2D eigenvalue weighted by Gasteiger charge is 2.24. The summed E-state index contributed by atoms with van der Waals surface area (Å²) < 4.78 is 0. The van der Waals surface area contributed by atoms with Crippen molar-refractivity contribution in [3.8, 4) is 0 Å². The molecule has 0 bridgehead atoms. The molecule has 88 valence electrons. The van der Waals surface area contributed by atoms with Gasteiger partial charge < -0.3 is 10.6 Å². The zero-order valence-corrected chi connectivity index (χ0v) is 10.6. The van der Waals surface area contributed by atoms with Crippen LogP contribution in [0.15, 0.2) is 4.99 Å². The van der Waals surface area contributed by atoms with Crippen LogP contribution in [0, 0.1) is 5.41 Å². The number of hydrogen-bond donors (Lipinski definition) is 2. The Hall–Kier alpha value is -0.730. The Morgan fingerprint density at radius 3 is 2.33 bits per heavy atom. The Labute approximate surface area is 93.7 Å². The van der Waals surface area contributed by atoms with Gasteiger partial charge in [-0.15, -0.1) is 0 Å². The minimum Gasteiger partial charge on any atom is -0.356 e. The molecule has 0 aliphatic carbocycles. The van der Waals surface area contributed by atoms with Gasteiger partial charge in [0.05, 0.1) is 6.54 Å². The molecule has 2 N–H and O–H groups in total. The summed E-state index contributed by atoms with van der Waals surface area (Å²) >= 11 is 0. The molecule has 1 aliphatic heterocycles. The van der Waals surface area contributed by atoms with E-state index >= 15 is 0 Å². The minimum atomic E-state index is 0.441. The van der Waals surface area contributed by atoms with E-state index in [4.69, 9.17) is 0 Å². The topological polar surface area (TPSA) is 36.4 Å². The van der Waals surface area contributed by atoms with E-state index in [9.17, 15) is 0 Å². The number of nitrogens with one attached hydrogen (secondary N) is 2. The molecule has 0 aromatic heterocycles. The Bertz CT molecular complexity index is 211. The second-order valence-electron chi connectivity index (χ2n) is 4.65. The lowest BCUT2D eigenvalue weighted by Gasteiger charge is -2.31. The smallest absolute Gasteiger partial charge is 0.191 e. The van der Waals surface area contributed by atoms with E-state index in [-0.39, 0.29) is 0 Å². The Morgan fingerprint density at radius 2 is 1.93 bits per heavy atom. The molecule has 1 heterocycles. The molecule has 0 fully saturated rings. The van der Waals surface area contributed by atoms with Crippen molar-refractivity contribution in [1.29, 1.82) is 0 Å². The molecule has 0 spiro atoms. The van der Waals surface area contributed by atoms with Gasteiger partial charge in [-0.1, -0.05) is 20.8 Å². The van der Waals surface area contributed by atoms with Gasteiger partial charge in [0.25, 0.3) is 0 Å². The molecule has 1 aliphatic rings. The maximum absolute atomic E-state index is 4.42. The third kappa shape index (κ3) is 3.11. The third-order valence-corrected chi connectivity index (χ3v) is 3.79. The molecule has 0 radical (unpaired) electrons. The molecule has 0 saturated carbocycles. The van der Waals surface area contributed by atoms with Gasteiger partial charge in [0.15, 0.2) is 5.96 Å². The maximum atomic E-state index is 4.42. The monoisotopic (exact) mass is 211 g/mol. The molecule has 0 aromatic rings. The van der Waals surface area contributed by atoms with Gasteiger partial charge in [-0.05, 0) is 31.6 Å². The molecular formula is C12H25N3. The van der Waals surface area contributed by atoms with Crippen LogP contribution in [0.2, 0.25) is 0 Å². The summed E-state index contributed by atoms with van der Waals surface area (Å²) in [4.78, 5) is 4.42. The summed E-state index contributed by atoms with van der Waals surface area (Å²) in [7, 11) is 0. The average molecular weight is 211 g/mol. The first-order valence-electron chi connectivity index (χ1n) is 6.20. The van der Waals surface area contributed by atoms with Gasteiger partial charge in [0.2, 0.25) is 0 Å². The fourth-order valence-corrected chi connectivity index (χ4v) is 2.06. The number of hydrogen-bond acceptors (Lipinski definition) is 3. The van der Waals surface area contributed by atoms with Crippen LogP contribution >= 0.6 is 0 Å². The predicted octanol–water partition coefficient (Wildman–Crippen LogP) is 2.14. The van der Waals surface area contributed by atoms with Crippen LogP contribution in [-0.4, -0.2) is 25.1 Å². The normalized spacial score (nSPS) is 21.1. The lowest BCUT2D eigenvalue weighted by Crippen LogP contribution is -2.43. The van der Waals surface area contributed by atoms with Crippen LogP contribution in [0.4, 0.5) is 0 Å². The second-order valence-corrected chi connectivity index (χ2v) is 4.65. The predicted molar refractivity (Wildman–Crippen MR) is 66.2 cm³/mol. The lowest BCUT2D eigenvalue weighted by atomic mass is 9.80. The van der Waals surface area contributed by atoms with Gasteiger partial charge in [0.1, 0.15) is 0 Å². The molecule has 0 aromatic carbocycles. The van der Waals surface area contributed by atoms with Gasteiger partial charge >= 0.3 is 0 Å². The molecule has 0 amide bonds. The van der Waals surface area contributed by atoms with Crippen LogP contribution in [0.3, 0.4) is 0 Å². The second kappa shape index (κ2) is 5.38. The largest absolute Gasteiger partial charge is 0.356 e. The van der Waals surface area contributed by atoms with Crippen molar-refractivity contribution in [1.82, 2.24) is 10.6 Å². The maximum Gasteiger partial charge on any atom is 0.191 e. The van der Waals surface area contributed by atoms with E-state index in [2.05, 4.69) is 43.3 Å². The van der Waals surface area contributed by atoms with E-state index in [1.54, 1.807) is 0 Å². The van der Waals surface area contributed by atoms with E-state index in [1.807, 2.05) is 0 Å². The zero-order valence-electron chi connectivity index (χ0n) is 10.6.